The number of carbonyl (C=O) groups excluding carboxylic acids is 1. The maximum absolute atomic E-state index is 10.4. The molecule has 1 fully saturated rings. The highest BCUT2D eigenvalue weighted by Crippen LogP contribution is 2.29. The van der Waals surface area contributed by atoms with Gasteiger partial charge in [-0.1, -0.05) is 24.3 Å². The first kappa shape index (κ1) is 18.4. The molecule has 1 aromatic heterocycles. The molecule has 2 heterocycles. The van der Waals surface area contributed by atoms with Crippen LogP contribution in [0.4, 0.5) is 5.69 Å². The molecule has 0 saturated carbocycles. The summed E-state index contributed by atoms with van der Waals surface area (Å²) >= 11 is 0. The van der Waals surface area contributed by atoms with Crippen molar-refractivity contribution in [2.45, 2.75) is 6.61 Å². The normalized spacial score (nSPS) is 15.0. The number of amides is 1. The third kappa shape index (κ3) is 4.59. The molecule has 26 heavy (non-hydrogen) atoms. The lowest BCUT2D eigenvalue weighted by atomic mass is 10.1. The Morgan fingerprint density at radius 2 is 1.92 bits per heavy atom. The van der Waals surface area contributed by atoms with Crippen molar-refractivity contribution < 1.29 is 9.53 Å². The number of piperazine rings is 1. The summed E-state index contributed by atoms with van der Waals surface area (Å²) in [6, 6.07) is 12.6. The summed E-state index contributed by atoms with van der Waals surface area (Å²) in [6.45, 7) is 6.12. The highest BCUT2D eigenvalue weighted by Gasteiger charge is 2.19. The Kier molecular flexibility index (Phi) is 6.57. The third-order valence-corrected chi connectivity index (χ3v) is 4.69. The van der Waals surface area contributed by atoms with Gasteiger partial charge in [0.2, 0.25) is 6.41 Å². The number of hydrogen-bond acceptors (Lipinski definition) is 5. The molecule has 6 nitrogen and oxygen atoms in total. The number of carbonyl (C=O) groups is 1. The predicted molar refractivity (Wildman–Crippen MR) is 103 cm³/mol. The van der Waals surface area contributed by atoms with E-state index in [1.54, 1.807) is 7.11 Å². The third-order valence-electron chi connectivity index (χ3n) is 4.69. The second kappa shape index (κ2) is 9.31. The number of benzene rings is 1. The summed E-state index contributed by atoms with van der Waals surface area (Å²) in [5.41, 5.74) is 4.48. The number of methoxy groups -OCH3 is 1. The van der Waals surface area contributed by atoms with Gasteiger partial charge in [-0.15, -0.1) is 0 Å². The van der Waals surface area contributed by atoms with Crippen LogP contribution in [0.25, 0.3) is 11.3 Å². The lowest BCUT2D eigenvalue weighted by molar-refractivity contribution is -0.109. The van der Waals surface area contributed by atoms with Crippen molar-refractivity contribution in [3.63, 3.8) is 0 Å². The minimum absolute atomic E-state index is 0.621. The van der Waals surface area contributed by atoms with Gasteiger partial charge in [0.25, 0.3) is 0 Å². The van der Waals surface area contributed by atoms with E-state index in [-0.39, 0.29) is 0 Å². The van der Waals surface area contributed by atoms with Crippen LogP contribution in [0.15, 0.2) is 42.6 Å². The Bertz CT molecular complexity index is 697. The molecular formula is C20H26N4O2. The van der Waals surface area contributed by atoms with E-state index in [9.17, 15) is 4.79 Å². The fourth-order valence-electron chi connectivity index (χ4n) is 3.29. The van der Waals surface area contributed by atoms with Gasteiger partial charge >= 0.3 is 0 Å². The Morgan fingerprint density at radius 3 is 2.62 bits per heavy atom. The largest absolute Gasteiger partial charge is 0.380 e. The fourth-order valence-corrected chi connectivity index (χ4v) is 3.29. The van der Waals surface area contributed by atoms with Crippen LogP contribution in [-0.4, -0.2) is 62.7 Å². The van der Waals surface area contributed by atoms with Crippen LogP contribution in [0.5, 0.6) is 0 Å². The second-order valence-electron chi connectivity index (χ2n) is 6.40. The molecule has 1 aromatic carbocycles. The molecule has 0 spiro atoms. The molecule has 138 valence electrons. The molecule has 2 aromatic rings. The summed E-state index contributed by atoms with van der Waals surface area (Å²) in [5, 5.41) is 2.73. The van der Waals surface area contributed by atoms with Crippen LogP contribution in [0, 0.1) is 0 Å². The van der Waals surface area contributed by atoms with E-state index in [2.05, 4.69) is 50.4 Å². The molecule has 1 aliphatic rings. The van der Waals surface area contributed by atoms with Crippen LogP contribution in [0.1, 0.15) is 5.56 Å². The van der Waals surface area contributed by atoms with Crippen molar-refractivity contribution in [2.75, 3.05) is 51.3 Å². The lowest BCUT2D eigenvalue weighted by Crippen LogP contribution is -2.48. The lowest BCUT2D eigenvalue weighted by Gasteiger charge is -2.36. The van der Waals surface area contributed by atoms with Crippen molar-refractivity contribution in [3.8, 4) is 11.3 Å². The Morgan fingerprint density at radius 1 is 1.15 bits per heavy atom. The molecule has 6 heteroatoms. The molecule has 1 N–H and O–H groups in total. The Hall–Kier alpha value is -2.44. The monoisotopic (exact) mass is 354 g/mol. The fraction of sp³-hybridized carbons (Fsp3) is 0.400. The summed E-state index contributed by atoms with van der Waals surface area (Å²) in [5.74, 6) is 0. The van der Waals surface area contributed by atoms with Crippen LogP contribution in [0.3, 0.4) is 0 Å². The quantitative estimate of drug-likeness (QED) is 0.578. The number of aromatic nitrogens is 1. The number of hydrogen-bond donors (Lipinski definition) is 1. The highest BCUT2D eigenvalue weighted by atomic mass is 16.5. The van der Waals surface area contributed by atoms with Crippen molar-refractivity contribution in [3.05, 3.63) is 48.2 Å². The summed E-state index contributed by atoms with van der Waals surface area (Å²) < 4.78 is 5.19. The zero-order valence-electron chi connectivity index (χ0n) is 15.2. The van der Waals surface area contributed by atoms with E-state index < -0.39 is 0 Å². The number of nitrogens with zero attached hydrogens (tertiary/aromatic N) is 3. The van der Waals surface area contributed by atoms with E-state index >= 15 is 0 Å². The molecule has 0 radical (unpaired) electrons. The zero-order chi connectivity index (χ0) is 18.2. The van der Waals surface area contributed by atoms with E-state index in [1.807, 2.05) is 12.3 Å². The maximum Gasteiger partial charge on any atom is 0.207 e. The van der Waals surface area contributed by atoms with E-state index in [0.717, 1.165) is 56.0 Å². The van der Waals surface area contributed by atoms with Crippen LogP contribution >= 0.6 is 0 Å². The van der Waals surface area contributed by atoms with Gasteiger partial charge in [0.15, 0.2) is 0 Å². The van der Waals surface area contributed by atoms with Crippen LogP contribution < -0.4 is 10.2 Å². The molecule has 0 unspecified atom stereocenters. The van der Waals surface area contributed by atoms with Crippen molar-refractivity contribution in [1.82, 2.24) is 15.2 Å². The first-order valence-corrected chi connectivity index (χ1v) is 8.99. The summed E-state index contributed by atoms with van der Waals surface area (Å²) in [4.78, 5) is 19.8. The van der Waals surface area contributed by atoms with Gasteiger partial charge in [-0.2, -0.15) is 0 Å². The number of pyridine rings is 1. The minimum atomic E-state index is 0.621. The molecule has 0 atom stereocenters. The van der Waals surface area contributed by atoms with Crippen molar-refractivity contribution in [1.29, 1.82) is 0 Å². The van der Waals surface area contributed by atoms with Gasteiger partial charge < -0.3 is 15.0 Å². The molecule has 1 aliphatic heterocycles. The van der Waals surface area contributed by atoms with Gasteiger partial charge in [0.1, 0.15) is 0 Å². The number of rotatable bonds is 8. The molecular weight excluding hydrogens is 328 g/mol. The Balaban J connectivity index is 1.69. The van der Waals surface area contributed by atoms with E-state index in [1.165, 1.54) is 5.69 Å². The van der Waals surface area contributed by atoms with Gasteiger partial charge in [-0.05, 0) is 17.7 Å². The average molecular weight is 354 g/mol. The van der Waals surface area contributed by atoms with Crippen molar-refractivity contribution in [2.24, 2.45) is 0 Å². The molecule has 1 amide bonds. The first-order valence-electron chi connectivity index (χ1n) is 8.99. The predicted octanol–water partition coefficient (Wildman–Crippen LogP) is 1.76. The Labute approximate surface area is 154 Å². The average Bonchev–Trinajstić information content (AvgIpc) is 2.70. The maximum atomic E-state index is 10.4. The SMILES string of the molecule is COCc1ccc(-c2ncccc2N2CCN(CCNC=O)CC2)cc1. The topological polar surface area (TPSA) is 57.7 Å². The van der Waals surface area contributed by atoms with Crippen molar-refractivity contribution >= 4 is 12.1 Å². The highest BCUT2D eigenvalue weighted by molar-refractivity contribution is 5.75. The van der Waals surface area contributed by atoms with Crippen LogP contribution in [-0.2, 0) is 16.1 Å². The minimum Gasteiger partial charge on any atom is -0.380 e. The van der Waals surface area contributed by atoms with Gasteiger partial charge in [0.05, 0.1) is 18.0 Å². The molecule has 1 saturated heterocycles. The number of anilines is 1. The zero-order valence-corrected chi connectivity index (χ0v) is 15.2. The van der Waals surface area contributed by atoms with Gasteiger partial charge in [-0.3, -0.25) is 14.7 Å². The van der Waals surface area contributed by atoms with E-state index in [4.69, 9.17) is 4.74 Å². The van der Waals surface area contributed by atoms with Gasteiger partial charge in [-0.25, -0.2) is 0 Å². The first-order chi connectivity index (χ1) is 12.8. The second-order valence-corrected chi connectivity index (χ2v) is 6.40. The summed E-state index contributed by atoms with van der Waals surface area (Å²) in [7, 11) is 1.71. The molecule has 0 bridgehead atoms. The van der Waals surface area contributed by atoms with Gasteiger partial charge in [0, 0.05) is 58.1 Å². The summed E-state index contributed by atoms with van der Waals surface area (Å²) in [6.07, 6.45) is 2.61. The van der Waals surface area contributed by atoms with Crippen LogP contribution in [0.2, 0.25) is 0 Å². The molecule has 0 aliphatic carbocycles. The molecule has 3 rings (SSSR count). The number of nitrogens with one attached hydrogen (secondary N) is 1. The number of ether oxygens (including phenoxy) is 1. The standard InChI is InChI=1S/C20H26N4O2/c1-26-15-17-4-6-18(7-5-17)20-19(3-2-8-22-20)24-13-11-23(12-14-24)10-9-21-16-25/h2-8,16H,9-15H2,1H3,(H,21,25). The van der Waals surface area contributed by atoms with E-state index in [0.29, 0.717) is 13.2 Å². The smallest absolute Gasteiger partial charge is 0.207 e.